The minimum absolute atomic E-state index is 0.452. The quantitative estimate of drug-likeness (QED) is 0.383. The van der Waals surface area contributed by atoms with Gasteiger partial charge in [-0.2, -0.15) is 0 Å². The first-order valence-electron chi connectivity index (χ1n) is 5.29. The first-order valence-corrected chi connectivity index (χ1v) is 5.29. The highest BCUT2D eigenvalue weighted by molar-refractivity contribution is 5.79. The van der Waals surface area contributed by atoms with Gasteiger partial charge in [-0.3, -0.25) is 4.99 Å². The number of nitrogens with one attached hydrogen (secondary N) is 2. The van der Waals surface area contributed by atoms with Gasteiger partial charge in [0, 0.05) is 26.2 Å². The number of nitrogens with zero attached hydrogens (tertiary/aromatic N) is 1. The van der Waals surface area contributed by atoms with Gasteiger partial charge in [0.15, 0.2) is 5.96 Å². The van der Waals surface area contributed by atoms with Gasteiger partial charge in [0.2, 0.25) is 0 Å². The SMILES string of the molecule is CCOCCNC(=NC)NC(C)CC. The van der Waals surface area contributed by atoms with Gasteiger partial charge in [-0.05, 0) is 20.3 Å². The molecule has 14 heavy (non-hydrogen) atoms. The largest absolute Gasteiger partial charge is 0.380 e. The van der Waals surface area contributed by atoms with Crippen LogP contribution in [0.15, 0.2) is 4.99 Å². The zero-order valence-electron chi connectivity index (χ0n) is 9.76. The van der Waals surface area contributed by atoms with Crippen molar-refractivity contribution in [2.24, 2.45) is 4.99 Å². The van der Waals surface area contributed by atoms with E-state index >= 15 is 0 Å². The highest BCUT2D eigenvalue weighted by Gasteiger charge is 2.00. The third-order valence-electron chi connectivity index (χ3n) is 1.96. The zero-order valence-corrected chi connectivity index (χ0v) is 9.76. The Hall–Kier alpha value is -0.770. The van der Waals surface area contributed by atoms with Crippen LogP contribution in [0.1, 0.15) is 27.2 Å². The van der Waals surface area contributed by atoms with Crippen LogP contribution in [0.3, 0.4) is 0 Å². The first kappa shape index (κ1) is 13.2. The van der Waals surface area contributed by atoms with Crippen molar-refractivity contribution in [2.45, 2.75) is 33.2 Å². The van der Waals surface area contributed by atoms with Crippen LogP contribution in [-0.2, 0) is 4.74 Å². The molecule has 2 N–H and O–H groups in total. The lowest BCUT2D eigenvalue weighted by Crippen LogP contribution is -2.43. The molecule has 84 valence electrons. The molecule has 0 amide bonds. The van der Waals surface area contributed by atoms with E-state index in [0.29, 0.717) is 6.04 Å². The van der Waals surface area contributed by atoms with E-state index in [1.165, 1.54) is 0 Å². The van der Waals surface area contributed by atoms with E-state index in [0.717, 1.165) is 32.1 Å². The smallest absolute Gasteiger partial charge is 0.191 e. The number of rotatable bonds is 6. The molecule has 0 saturated heterocycles. The van der Waals surface area contributed by atoms with Crippen LogP contribution in [0, 0.1) is 0 Å². The molecule has 0 fully saturated rings. The van der Waals surface area contributed by atoms with Gasteiger partial charge in [-0.25, -0.2) is 0 Å². The summed E-state index contributed by atoms with van der Waals surface area (Å²) in [6, 6.07) is 0.452. The fourth-order valence-electron chi connectivity index (χ4n) is 0.916. The van der Waals surface area contributed by atoms with E-state index < -0.39 is 0 Å². The van der Waals surface area contributed by atoms with Crippen molar-refractivity contribution >= 4 is 5.96 Å². The Morgan fingerprint density at radius 2 is 2.14 bits per heavy atom. The van der Waals surface area contributed by atoms with Gasteiger partial charge < -0.3 is 15.4 Å². The van der Waals surface area contributed by atoms with Crippen LogP contribution >= 0.6 is 0 Å². The van der Waals surface area contributed by atoms with Crippen molar-refractivity contribution in [3.63, 3.8) is 0 Å². The van der Waals surface area contributed by atoms with Crippen molar-refractivity contribution in [3.05, 3.63) is 0 Å². The number of guanidine groups is 1. The summed E-state index contributed by atoms with van der Waals surface area (Å²) in [4.78, 5) is 4.11. The second-order valence-electron chi connectivity index (χ2n) is 3.15. The summed E-state index contributed by atoms with van der Waals surface area (Å²) in [7, 11) is 1.78. The Morgan fingerprint density at radius 3 is 2.64 bits per heavy atom. The van der Waals surface area contributed by atoms with Gasteiger partial charge in [0.05, 0.1) is 6.61 Å². The zero-order chi connectivity index (χ0) is 10.8. The van der Waals surface area contributed by atoms with E-state index in [-0.39, 0.29) is 0 Å². The maximum Gasteiger partial charge on any atom is 0.191 e. The average Bonchev–Trinajstić information content (AvgIpc) is 2.22. The third kappa shape index (κ3) is 6.71. The van der Waals surface area contributed by atoms with Crippen molar-refractivity contribution in [1.82, 2.24) is 10.6 Å². The molecule has 0 rings (SSSR count). The van der Waals surface area contributed by atoms with Gasteiger partial charge in [-0.1, -0.05) is 6.92 Å². The Bertz CT molecular complexity index is 159. The van der Waals surface area contributed by atoms with E-state index in [9.17, 15) is 0 Å². The third-order valence-corrected chi connectivity index (χ3v) is 1.96. The van der Waals surface area contributed by atoms with E-state index in [1.807, 2.05) is 6.92 Å². The topological polar surface area (TPSA) is 45.6 Å². The Morgan fingerprint density at radius 1 is 1.43 bits per heavy atom. The molecule has 0 aromatic rings. The lowest BCUT2D eigenvalue weighted by molar-refractivity contribution is 0.152. The Kier molecular flexibility index (Phi) is 8.33. The second-order valence-corrected chi connectivity index (χ2v) is 3.15. The van der Waals surface area contributed by atoms with Crippen molar-refractivity contribution in [1.29, 1.82) is 0 Å². The summed E-state index contributed by atoms with van der Waals surface area (Å²) in [5, 5.41) is 6.46. The molecule has 0 radical (unpaired) electrons. The fraction of sp³-hybridized carbons (Fsp3) is 0.900. The molecule has 0 aromatic heterocycles. The van der Waals surface area contributed by atoms with Crippen molar-refractivity contribution in [3.8, 4) is 0 Å². The maximum absolute atomic E-state index is 5.21. The minimum Gasteiger partial charge on any atom is -0.380 e. The molecule has 0 spiro atoms. The molecule has 1 atom stereocenters. The highest BCUT2D eigenvalue weighted by Crippen LogP contribution is 1.86. The van der Waals surface area contributed by atoms with Crippen LogP contribution in [-0.4, -0.2) is 38.8 Å². The average molecular weight is 201 g/mol. The summed E-state index contributed by atoms with van der Waals surface area (Å²) in [6.07, 6.45) is 1.09. The summed E-state index contributed by atoms with van der Waals surface area (Å²) in [6.45, 7) is 8.55. The number of ether oxygens (including phenoxy) is 1. The molecule has 4 nitrogen and oxygen atoms in total. The van der Waals surface area contributed by atoms with Gasteiger partial charge in [-0.15, -0.1) is 0 Å². The van der Waals surface area contributed by atoms with Crippen molar-refractivity contribution < 1.29 is 4.74 Å². The van der Waals surface area contributed by atoms with Crippen LogP contribution in [0.2, 0.25) is 0 Å². The van der Waals surface area contributed by atoms with Crippen LogP contribution in [0.4, 0.5) is 0 Å². The normalized spacial score (nSPS) is 13.9. The van der Waals surface area contributed by atoms with E-state index in [4.69, 9.17) is 4.74 Å². The summed E-state index contributed by atoms with van der Waals surface area (Å²) < 4.78 is 5.21. The van der Waals surface area contributed by atoms with Gasteiger partial charge in [0.25, 0.3) is 0 Å². The molecule has 0 bridgehead atoms. The van der Waals surface area contributed by atoms with Crippen LogP contribution in [0.25, 0.3) is 0 Å². The summed E-state index contributed by atoms with van der Waals surface area (Å²) in [5.74, 6) is 0.846. The Balaban J connectivity index is 3.59. The Labute approximate surface area is 87.1 Å². The number of hydrogen-bond acceptors (Lipinski definition) is 2. The molecule has 4 heteroatoms. The van der Waals surface area contributed by atoms with Gasteiger partial charge in [0.1, 0.15) is 0 Å². The predicted molar refractivity (Wildman–Crippen MR) is 60.7 cm³/mol. The summed E-state index contributed by atoms with van der Waals surface area (Å²) >= 11 is 0. The lowest BCUT2D eigenvalue weighted by atomic mass is 10.3. The molecule has 0 aromatic carbocycles. The molecule has 0 aliphatic rings. The van der Waals surface area contributed by atoms with Gasteiger partial charge >= 0.3 is 0 Å². The van der Waals surface area contributed by atoms with E-state index in [1.54, 1.807) is 7.05 Å². The number of hydrogen-bond donors (Lipinski definition) is 2. The second kappa shape index (κ2) is 8.81. The highest BCUT2D eigenvalue weighted by atomic mass is 16.5. The molecular weight excluding hydrogens is 178 g/mol. The fourth-order valence-corrected chi connectivity index (χ4v) is 0.916. The first-order chi connectivity index (χ1) is 6.74. The standard InChI is InChI=1S/C10H23N3O/c1-5-9(3)13-10(11-4)12-7-8-14-6-2/h9H,5-8H2,1-4H3,(H2,11,12,13). The molecule has 0 aliphatic heterocycles. The monoisotopic (exact) mass is 201 g/mol. The molecule has 0 aliphatic carbocycles. The minimum atomic E-state index is 0.452. The van der Waals surface area contributed by atoms with Crippen LogP contribution < -0.4 is 10.6 Å². The molecule has 1 unspecified atom stereocenters. The summed E-state index contributed by atoms with van der Waals surface area (Å²) in [5.41, 5.74) is 0. The molecular formula is C10H23N3O. The maximum atomic E-state index is 5.21. The van der Waals surface area contributed by atoms with Crippen LogP contribution in [0.5, 0.6) is 0 Å². The number of aliphatic imine (C=N–C) groups is 1. The molecule has 0 saturated carbocycles. The lowest BCUT2D eigenvalue weighted by Gasteiger charge is -2.16. The predicted octanol–water partition coefficient (Wildman–Crippen LogP) is 0.986. The molecule has 0 heterocycles. The van der Waals surface area contributed by atoms with Crippen molar-refractivity contribution in [2.75, 3.05) is 26.8 Å². The van der Waals surface area contributed by atoms with E-state index in [2.05, 4.69) is 29.5 Å².